The minimum Gasteiger partial charge on any atom is -0.492 e. The third-order valence-electron chi connectivity index (χ3n) is 3.48. The number of benzene rings is 1. The number of hydrogen-bond donors (Lipinski definition) is 0. The zero-order chi connectivity index (χ0) is 16.4. The number of hydrogen-bond acceptors (Lipinski definition) is 6. The largest absolute Gasteiger partial charge is 0.492 e. The number of imidazole rings is 1. The number of aryl methyl sites for hydroxylation is 1. The molecule has 0 saturated heterocycles. The van der Waals surface area contributed by atoms with Crippen LogP contribution in [0.1, 0.15) is 12.2 Å². The Labute approximate surface area is 150 Å². The van der Waals surface area contributed by atoms with Crippen molar-refractivity contribution in [2.24, 2.45) is 0 Å². The number of ether oxygens (including phenoxy) is 1. The number of aromatic nitrogens is 4. The van der Waals surface area contributed by atoms with Gasteiger partial charge in [-0.2, -0.15) is 4.98 Å². The normalized spacial score (nSPS) is 11.2. The van der Waals surface area contributed by atoms with Crippen LogP contribution in [0.3, 0.4) is 0 Å². The van der Waals surface area contributed by atoms with Crippen LogP contribution in [0.4, 0.5) is 0 Å². The van der Waals surface area contributed by atoms with E-state index in [2.05, 4.69) is 31.1 Å². The standard InChI is InChI=1S/C16H13BrN4O2S/c17-11-4-1-2-5-13(11)22-7-3-6-14-19-16(23-20-14)12-9-24-15-8-18-10-21(12)15/h1-2,4-5,8-10H,3,6-7H2. The van der Waals surface area contributed by atoms with Crippen LogP contribution >= 0.6 is 27.3 Å². The molecule has 8 heteroatoms. The number of para-hydroxylation sites is 1. The molecule has 4 aromatic rings. The summed E-state index contributed by atoms with van der Waals surface area (Å²) in [4.78, 5) is 9.62. The maximum atomic E-state index is 5.74. The Hall–Kier alpha value is -2.19. The summed E-state index contributed by atoms with van der Waals surface area (Å²) in [6.07, 6.45) is 5.07. The monoisotopic (exact) mass is 404 g/mol. The number of rotatable bonds is 6. The SMILES string of the molecule is Brc1ccccc1OCCCc1noc(-c2csc3cncn23)n1. The first-order valence-electron chi connectivity index (χ1n) is 7.41. The Kier molecular flexibility index (Phi) is 4.31. The first kappa shape index (κ1) is 15.3. The van der Waals surface area contributed by atoms with Gasteiger partial charge >= 0.3 is 0 Å². The van der Waals surface area contributed by atoms with Crippen LogP contribution in [0, 0.1) is 0 Å². The van der Waals surface area contributed by atoms with E-state index in [0.717, 1.165) is 27.2 Å². The summed E-state index contributed by atoms with van der Waals surface area (Å²) in [7, 11) is 0. The molecule has 6 nitrogen and oxygen atoms in total. The lowest BCUT2D eigenvalue weighted by molar-refractivity contribution is 0.307. The van der Waals surface area contributed by atoms with Crippen LogP contribution in [0.2, 0.25) is 0 Å². The molecule has 0 aliphatic heterocycles. The first-order chi connectivity index (χ1) is 11.8. The van der Waals surface area contributed by atoms with Crippen molar-refractivity contribution in [3.63, 3.8) is 0 Å². The maximum Gasteiger partial charge on any atom is 0.275 e. The van der Waals surface area contributed by atoms with Gasteiger partial charge in [-0.3, -0.25) is 4.40 Å². The second-order valence-corrected chi connectivity index (χ2v) is 6.87. The lowest BCUT2D eigenvalue weighted by Gasteiger charge is -2.06. The van der Waals surface area contributed by atoms with E-state index in [-0.39, 0.29) is 0 Å². The molecule has 0 radical (unpaired) electrons. The van der Waals surface area contributed by atoms with Crippen LogP contribution in [0.15, 0.2) is 51.2 Å². The maximum absolute atomic E-state index is 5.74. The zero-order valence-corrected chi connectivity index (χ0v) is 15.0. The molecule has 4 rings (SSSR count). The van der Waals surface area contributed by atoms with E-state index in [1.165, 1.54) is 0 Å². The quantitative estimate of drug-likeness (QED) is 0.450. The third-order valence-corrected chi connectivity index (χ3v) is 5.02. The fraction of sp³-hybridized carbons (Fsp3) is 0.188. The minimum atomic E-state index is 0.515. The molecule has 24 heavy (non-hydrogen) atoms. The van der Waals surface area contributed by atoms with Crippen molar-refractivity contribution in [1.82, 2.24) is 19.5 Å². The fourth-order valence-corrected chi connectivity index (χ4v) is 3.54. The van der Waals surface area contributed by atoms with Crippen molar-refractivity contribution < 1.29 is 9.26 Å². The molecule has 0 amide bonds. The van der Waals surface area contributed by atoms with Gasteiger partial charge in [-0.05, 0) is 34.5 Å². The van der Waals surface area contributed by atoms with Crippen molar-refractivity contribution in [2.75, 3.05) is 6.61 Å². The van der Waals surface area contributed by atoms with E-state index in [4.69, 9.17) is 9.26 Å². The van der Waals surface area contributed by atoms with Crippen LogP contribution < -0.4 is 4.74 Å². The second-order valence-electron chi connectivity index (χ2n) is 5.12. The zero-order valence-electron chi connectivity index (χ0n) is 12.6. The highest BCUT2D eigenvalue weighted by Gasteiger charge is 2.13. The lowest BCUT2D eigenvalue weighted by atomic mass is 10.3. The Balaban J connectivity index is 1.36. The van der Waals surface area contributed by atoms with Crippen LogP contribution in [0.5, 0.6) is 5.75 Å². The highest BCUT2D eigenvalue weighted by atomic mass is 79.9. The van der Waals surface area contributed by atoms with Crippen molar-refractivity contribution in [2.45, 2.75) is 12.8 Å². The van der Waals surface area contributed by atoms with Crippen molar-refractivity contribution in [1.29, 1.82) is 0 Å². The molecule has 0 saturated carbocycles. The van der Waals surface area contributed by atoms with Gasteiger partial charge in [0.25, 0.3) is 5.89 Å². The predicted octanol–water partition coefficient (Wildman–Crippen LogP) is 4.22. The fourth-order valence-electron chi connectivity index (χ4n) is 2.31. The molecule has 1 aromatic carbocycles. The highest BCUT2D eigenvalue weighted by Crippen LogP contribution is 2.25. The molecule has 0 aliphatic carbocycles. The second kappa shape index (κ2) is 6.74. The van der Waals surface area contributed by atoms with Gasteiger partial charge < -0.3 is 9.26 Å². The van der Waals surface area contributed by atoms with Gasteiger partial charge in [0.15, 0.2) is 5.82 Å². The Morgan fingerprint density at radius 1 is 1.29 bits per heavy atom. The molecule has 0 unspecified atom stereocenters. The van der Waals surface area contributed by atoms with Crippen LogP contribution in [0.25, 0.3) is 16.4 Å². The summed E-state index contributed by atoms with van der Waals surface area (Å²) in [5, 5.41) is 6.04. The van der Waals surface area contributed by atoms with Crippen molar-refractivity contribution in [3.8, 4) is 17.3 Å². The molecule has 0 N–H and O–H groups in total. The first-order valence-corrected chi connectivity index (χ1v) is 9.08. The minimum absolute atomic E-state index is 0.515. The number of fused-ring (bicyclic) bond motifs is 1. The Bertz CT molecular complexity index is 962. The number of thiazole rings is 1. The topological polar surface area (TPSA) is 65.5 Å². The molecule has 0 atom stereocenters. The summed E-state index contributed by atoms with van der Waals surface area (Å²) >= 11 is 5.06. The summed E-state index contributed by atoms with van der Waals surface area (Å²) in [5.74, 6) is 2.04. The molecule has 0 aliphatic rings. The molecular weight excluding hydrogens is 392 g/mol. The van der Waals surface area contributed by atoms with E-state index in [9.17, 15) is 0 Å². The van der Waals surface area contributed by atoms with Gasteiger partial charge in [0.1, 0.15) is 22.6 Å². The Morgan fingerprint density at radius 2 is 2.21 bits per heavy atom. The van der Waals surface area contributed by atoms with Gasteiger partial charge in [-0.1, -0.05) is 17.3 Å². The summed E-state index contributed by atoms with van der Waals surface area (Å²) in [6, 6.07) is 7.80. The Morgan fingerprint density at radius 3 is 3.12 bits per heavy atom. The average molecular weight is 405 g/mol. The molecular formula is C16H13BrN4O2S. The van der Waals surface area contributed by atoms with E-state index in [0.29, 0.717) is 24.7 Å². The number of halogens is 1. The third kappa shape index (κ3) is 3.07. The van der Waals surface area contributed by atoms with E-state index < -0.39 is 0 Å². The van der Waals surface area contributed by atoms with Gasteiger partial charge in [-0.15, -0.1) is 11.3 Å². The van der Waals surface area contributed by atoms with Gasteiger partial charge in [0.05, 0.1) is 17.3 Å². The van der Waals surface area contributed by atoms with Crippen LogP contribution in [-0.4, -0.2) is 26.1 Å². The molecule has 3 heterocycles. The smallest absolute Gasteiger partial charge is 0.275 e. The summed E-state index contributed by atoms with van der Waals surface area (Å²) in [6.45, 7) is 0.594. The number of nitrogens with zero attached hydrogens (tertiary/aromatic N) is 4. The molecule has 122 valence electrons. The van der Waals surface area contributed by atoms with Gasteiger partial charge in [0.2, 0.25) is 0 Å². The summed E-state index contributed by atoms with van der Waals surface area (Å²) in [5.41, 5.74) is 0.871. The van der Waals surface area contributed by atoms with Crippen molar-refractivity contribution in [3.05, 3.63) is 52.5 Å². The van der Waals surface area contributed by atoms with Crippen molar-refractivity contribution >= 4 is 32.1 Å². The van der Waals surface area contributed by atoms with Gasteiger partial charge in [0, 0.05) is 11.8 Å². The molecule has 0 spiro atoms. The average Bonchev–Trinajstić information content (AvgIpc) is 3.29. The highest BCUT2D eigenvalue weighted by molar-refractivity contribution is 9.10. The van der Waals surface area contributed by atoms with Crippen LogP contribution in [-0.2, 0) is 6.42 Å². The summed E-state index contributed by atoms with van der Waals surface area (Å²) < 4.78 is 14.0. The lowest BCUT2D eigenvalue weighted by Crippen LogP contribution is -2.00. The molecule has 0 bridgehead atoms. The van der Waals surface area contributed by atoms with E-state index >= 15 is 0 Å². The predicted molar refractivity (Wildman–Crippen MR) is 94.3 cm³/mol. The molecule has 0 fully saturated rings. The van der Waals surface area contributed by atoms with Gasteiger partial charge in [-0.25, -0.2) is 4.98 Å². The van der Waals surface area contributed by atoms with E-state index in [1.54, 1.807) is 17.7 Å². The molecule has 3 aromatic heterocycles. The van der Waals surface area contributed by atoms with E-state index in [1.807, 2.05) is 40.2 Å².